The highest BCUT2D eigenvalue weighted by Crippen LogP contribution is 2.33. The van der Waals surface area contributed by atoms with Crippen molar-refractivity contribution in [1.82, 2.24) is 10.2 Å². The Morgan fingerprint density at radius 2 is 1.65 bits per heavy atom. The van der Waals surface area contributed by atoms with E-state index in [1.165, 1.54) is 11.0 Å². The fourth-order valence-electron chi connectivity index (χ4n) is 3.40. The lowest BCUT2D eigenvalue weighted by Gasteiger charge is -2.25. The summed E-state index contributed by atoms with van der Waals surface area (Å²) in [5.41, 5.74) is 0.482. The quantitative estimate of drug-likeness (QED) is 0.540. The molecular formula is C23H18ClF3N2O2. The van der Waals surface area contributed by atoms with Crippen LogP contribution >= 0.6 is 11.6 Å². The third kappa shape index (κ3) is 5.00. The van der Waals surface area contributed by atoms with E-state index < -0.39 is 17.9 Å². The molecule has 1 aliphatic rings. The number of ether oxygens (including phenoxy) is 1. The van der Waals surface area contributed by atoms with Crippen LogP contribution in [-0.2, 0) is 17.5 Å². The van der Waals surface area contributed by atoms with Crippen LogP contribution in [0, 0.1) is 0 Å². The SMILES string of the molecule is O=C1CNC(c2cccc(C(F)(F)F)c2)N1Cc1ccc(Oc2ccc(Cl)cc2)cc1. The topological polar surface area (TPSA) is 41.6 Å². The number of alkyl halides is 3. The third-order valence-corrected chi connectivity index (χ3v) is 5.19. The summed E-state index contributed by atoms with van der Waals surface area (Å²) in [5.74, 6) is 1.08. The number of hydrogen-bond acceptors (Lipinski definition) is 3. The molecule has 1 aliphatic heterocycles. The van der Waals surface area contributed by atoms with Crippen LogP contribution in [0.1, 0.15) is 22.9 Å². The van der Waals surface area contributed by atoms with Gasteiger partial charge in [-0.2, -0.15) is 13.2 Å². The molecule has 160 valence electrons. The minimum Gasteiger partial charge on any atom is -0.457 e. The fraction of sp³-hybridized carbons (Fsp3) is 0.174. The minimum atomic E-state index is -4.44. The van der Waals surface area contributed by atoms with E-state index in [9.17, 15) is 18.0 Å². The van der Waals surface area contributed by atoms with E-state index in [1.807, 2.05) is 12.1 Å². The highest BCUT2D eigenvalue weighted by Gasteiger charge is 2.35. The van der Waals surface area contributed by atoms with E-state index in [0.717, 1.165) is 17.7 Å². The summed E-state index contributed by atoms with van der Waals surface area (Å²) in [5, 5.41) is 3.61. The van der Waals surface area contributed by atoms with E-state index >= 15 is 0 Å². The normalized spacial score (nSPS) is 16.6. The summed E-state index contributed by atoms with van der Waals surface area (Å²) in [6, 6.07) is 19.2. The predicted octanol–water partition coefficient (Wildman–Crippen LogP) is 5.78. The van der Waals surface area contributed by atoms with Crippen molar-refractivity contribution >= 4 is 17.5 Å². The second kappa shape index (κ2) is 8.61. The molecule has 1 atom stereocenters. The molecule has 0 saturated carbocycles. The van der Waals surface area contributed by atoms with Crippen molar-refractivity contribution in [3.63, 3.8) is 0 Å². The summed E-state index contributed by atoms with van der Waals surface area (Å²) in [6.45, 7) is 0.326. The first kappa shape index (κ1) is 21.2. The van der Waals surface area contributed by atoms with Gasteiger partial charge in [0.15, 0.2) is 0 Å². The minimum absolute atomic E-state index is 0.0681. The lowest BCUT2D eigenvalue weighted by molar-refractivity contribution is -0.137. The monoisotopic (exact) mass is 446 g/mol. The molecule has 0 radical (unpaired) electrons. The van der Waals surface area contributed by atoms with Crippen molar-refractivity contribution in [1.29, 1.82) is 0 Å². The van der Waals surface area contributed by atoms with Crippen LogP contribution in [0.3, 0.4) is 0 Å². The molecule has 3 aromatic rings. The largest absolute Gasteiger partial charge is 0.457 e. The molecule has 1 N–H and O–H groups in total. The Labute approximate surface area is 182 Å². The maximum atomic E-state index is 13.1. The van der Waals surface area contributed by atoms with Gasteiger partial charge in [-0.1, -0.05) is 35.9 Å². The highest BCUT2D eigenvalue weighted by molar-refractivity contribution is 6.30. The van der Waals surface area contributed by atoms with E-state index in [1.54, 1.807) is 42.5 Å². The summed E-state index contributed by atoms with van der Waals surface area (Å²) in [7, 11) is 0. The molecule has 31 heavy (non-hydrogen) atoms. The number of nitrogens with zero attached hydrogens (tertiary/aromatic N) is 1. The van der Waals surface area contributed by atoms with Gasteiger partial charge in [0.05, 0.1) is 12.1 Å². The second-order valence-corrected chi connectivity index (χ2v) is 7.56. The average Bonchev–Trinajstić information content (AvgIpc) is 3.11. The Hall–Kier alpha value is -3.03. The Bertz CT molecular complexity index is 1070. The molecule has 0 aliphatic carbocycles. The van der Waals surface area contributed by atoms with Crippen LogP contribution in [0.2, 0.25) is 5.02 Å². The van der Waals surface area contributed by atoms with Crippen molar-refractivity contribution in [2.75, 3.05) is 6.54 Å². The Morgan fingerprint density at radius 3 is 2.29 bits per heavy atom. The number of halogens is 4. The van der Waals surface area contributed by atoms with Gasteiger partial charge in [0.1, 0.15) is 17.7 Å². The van der Waals surface area contributed by atoms with Crippen LogP contribution in [0.5, 0.6) is 11.5 Å². The smallest absolute Gasteiger partial charge is 0.416 e. The number of rotatable bonds is 5. The molecule has 1 amide bonds. The van der Waals surface area contributed by atoms with Crippen LogP contribution in [0.4, 0.5) is 13.2 Å². The van der Waals surface area contributed by atoms with E-state index in [0.29, 0.717) is 22.1 Å². The molecule has 3 aromatic carbocycles. The molecule has 4 nitrogen and oxygen atoms in total. The predicted molar refractivity (Wildman–Crippen MR) is 111 cm³/mol. The molecule has 8 heteroatoms. The summed E-state index contributed by atoms with van der Waals surface area (Å²) < 4.78 is 45.0. The molecule has 1 saturated heterocycles. The van der Waals surface area contributed by atoms with Gasteiger partial charge in [-0.05, 0) is 59.7 Å². The number of carbonyl (C=O) groups excluding carboxylic acids is 1. The van der Waals surface area contributed by atoms with Crippen molar-refractivity contribution < 1.29 is 22.7 Å². The number of benzene rings is 3. The summed E-state index contributed by atoms with van der Waals surface area (Å²) >= 11 is 5.87. The van der Waals surface area contributed by atoms with E-state index in [2.05, 4.69) is 5.32 Å². The highest BCUT2D eigenvalue weighted by atomic mass is 35.5. The number of carbonyl (C=O) groups is 1. The molecule has 4 rings (SSSR count). The van der Waals surface area contributed by atoms with Crippen LogP contribution < -0.4 is 10.1 Å². The molecular weight excluding hydrogens is 429 g/mol. The molecule has 0 spiro atoms. The molecule has 0 bridgehead atoms. The van der Waals surface area contributed by atoms with Crippen molar-refractivity contribution in [2.45, 2.75) is 18.9 Å². The lowest BCUT2D eigenvalue weighted by Crippen LogP contribution is -2.30. The van der Waals surface area contributed by atoms with Crippen molar-refractivity contribution in [2.24, 2.45) is 0 Å². The zero-order valence-electron chi connectivity index (χ0n) is 16.2. The van der Waals surface area contributed by atoms with Crippen LogP contribution in [0.15, 0.2) is 72.8 Å². The van der Waals surface area contributed by atoms with Gasteiger partial charge in [0.25, 0.3) is 0 Å². The zero-order valence-corrected chi connectivity index (χ0v) is 17.0. The van der Waals surface area contributed by atoms with Crippen LogP contribution in [-0.4, -0.2) is 17.4 Å². The van der Waals surface area contributed by atoms with Gasteiger partial charge in [0, 0.05) is 11.6 Å². The average molecular weight is 447 g/mol. The first-order valence-corrected chi connectivity index (χ1v) is 9.90. The van der Waals surface area contributed by atoms with E-state index in [-0.39, 0.29) is 19.0 Å². The van der Waals surface area contributed by atoms with Gasteiger partial charge in [-0.25, -0.2) is 0 Å². The van der Waals surface area contributed by atoms with Gasteiger partial charge in [-0.3, -0.25) is 10.1 Å². The molecule has 1 unspecified atom stereocenters. The Morgan fingerprint density at radius 1 is 1.00 bits per heavy atom. The van der Waals surface area contributed by atoms with Gasteiger partial charge in [-0.15, -0.1) is 0 Å². The molecule has 1 fully saturated rings. The third-order valence-electron chi connectivity index (χ3n) is 4.93. The Balaban J connectivity index is 1.48. The molecule has 1 heterocycles. The lowest BCUT2D eigenvalue weighted by atomic mass is 10.1. The van der Waals surface area contributed by atoms with E-state index in [4.69, 9.17) is 16.3 Å². The first-order valence-electron chi connectivity index (χ1n) is 9.52. The first-order chi connectivity index (χ1) is 14.8. The maximum Gasteiger partial charge on any atom is 0.416 e. The fourth-order valence-corrected chi connectivity index (χ4v) is 3.53. The molecule has 0 aromatic heterocycles. The second-order valence-electron chi connectivity index (χ2n) is 7.13. The zero-order chi connectivity index (χ0) is 22.0. The van der Waals surface area contributed by atoms with Gasteiger partial charge in [0.2, 0.25) is 5.91 Å². The number of hydrogen-bond donors (Lipinski definition) is 1. The van der Waals surface area contributed by atoms with Gasteiger partial charge < -0.3 is 9.64 Å². The Kier molecular flexibility index (Phi) is 5.89. The van der Waals surface area contributed by atoms with Crippen molar-refractivity contribution in [3.05, 3.63) is 94.5 Å². The standard InChI is InChI=1S/C23H18ClF3N2O2/c24-18-6-10-20(11-7-18)31-19-8-4-15(5-9-19)14-29-21(30)13-28-22(29)16-2-1-3-17(12-16)23(25,26)27/h1-12,22,28H,13-14H2. The van der Waals surface area contributed by atoms with Crippen molar-refractivity contribution in [3.8, 4) is 11.5 Å². The number of amides is 1. The van der Waals surface area contributed by atoms with Gasteiger partial charge >= 0.3 is 6.18 Å². The summed E-state index contributed by atoms with van der Waals surface area (Å²) in [4.78, 5) is 13.9. The maximum absolute atomic E-state index is 13.1. The summed E-state index contributed by atoms with van der Waals surface area (Å²) in [6.07, 6.45) is -5.07. The van der Waals surface area contributed by atoms with Crippen LogP contribution in [0.25, 0.3) is 0 Å². The number of nitrogens with one attached hydrogen (secondary N) is 1.